The maximum Gasteiger partial charge on any atom is 0.393 e. The van der Waals surface area contributed by atoms with E-state index >= 15 is 0 Å². The third kappa shape index (κ3) is 2.82. The number of aliphatic hydroxyl groups excluding tert-OH is 1. The third-order valence-corrected chi connectivity index (χ3v) is 4.63. The Morgan fingerprint density at radius 3 is 2.39 bits per heavy atom. The van der Waals surface area contributed by atoms with E-state index in [9.17, 15) is 18.3 Å². The standard InChI is InChI=1S/C13H22F3NO/c1-12(2)5-3-9(11(12)18)7-17-6-4-10(8-17)13(14,15)16/h9-11,18H,3-8H2,1-2H3. The van der Waals surface area contributed by atoms with Gasteiger partial charge in [-0.3, -0.25) is 0 Å². The molecule has 0 radical (unpaired) electrons. The van der Waals surface area contributed by atoms with Crippen molar-refractivity contribution < 1.29 is 18.3 Å². The zero-order chi connectivity index (χ0) is 13.6. The van der Waals surface area contributed by atoms with E-state index in [1.165, 1.54) is 0 Å². The van der Waals surface area contributed by atoms with Crippen LogP contribution in [0.4, 0.5) is 13.2 Å². The van der Waals surface area contributed by atoms with Crippen molar-refractivity contribution in [1.29, 1.82) is 0 Å². The Kier molecular flexibility index (Phi) is 3.67. The topological polar surface area (TPSA) is 23.5 Å². The van der Waals surface area contributed by atoms with E-state index in [1.54, 1.807) is 0 Å². The molecule has 2 fully saturated rings. The second kappa shape index (κ2) is 4.67. The molecule has 2 rings (SSSR count). The van der Waals surface area contributed by atoms with Gasteiger partial charge < -0.3 is 10.0 Å². The molecule has 2 nitrogen and oxygen atoms in total. The highest BCUT2D eigenvalue weighted by Crippen LogP contribution is 2.42. The Labute approximate surface area is 106 Å². The first-order valence-corrected chi connectivity index (χ1v) is 6.67. The van der Waals surface area contributed by atoms with E-state index in [4.69, 9.17) is 0 Å². The lowest BCUT2D eigenvalue weighted by molar-refractivity contribution is -0.170. The van der Waals surface area contributed by atoms with Crippen molar-refractivity contribution in [2.45, 2.75) is 45.4 Å². The summed E-state index contributed by atoms with van der Waals surface area (Å²) in [6.07, 6.45) is -2.38. The lowest BCUT2D eigenvalue weighted by atomic mass is 9.87. The molecule has 3 atom stereocenters. The summed E-state index contributed by atoms with van der Waals surface area (Å²) < 4.78 is 37.7. The Morgan fingerprint density at radius 1 is 1.28 bits per heavy atom. The second-order valence-electron chi connectivity index (χ2n) is 6.52. The van der Waals surface area contributed by atoms with Crippen molar-refractivity contribution in [2.24, 2.45) is 17.3 Å². The second-order valence-corrected chi connectivity index (χ2v) is 6.52. The van der Waals surface area contributed by atoms with Gasteiger partial charge in [-0.05, 0) is 37.1 Å². The summed E-state index contributed by atoms with van der Waals surface area (Å²) in [7, 11) is 0. The van der Waals surface area contributed by atoms with E-state index in [1.807, 2.05) is 18.7 Å². The average Bonchev–Trinajstić information content (AvgIpc) is 2.79. The number of nitrogens with zero attached hydrogens (tertiary/aromatic N) is 1. The monoisotopic (exact) mass is 265 g/mol. The van der Waals surface area contributed by atoms with Crippen molar-refractivity contribution in [2.75, 3.05) is 19.6 Å². The van der Waals surface area contributed by atoms with E-state index in [0.29, 0.717) is 13.1 Å². The van der Waals surface area contributed by atoms with Crippen LogP contribution in [0.1, 0.15) is 33.1 Å². The van der Waals surface area contributed by atoms with Crippen LogP contribution >= 0.6 is 0 Å². The van der Waals surface area contributed by atoms with Crippen LogP contribution < -0.4 is 0 Å². The molecular weight excluding hydrogens is 243 g/mol. The molecule has 1 saturated carbocycles. The van der Waals surface area contributed by atoms with E-state index in [-0.39, 0.29) is 30.4 Å². The predicted octanol–water partition coefficient (Wildman–Crippen LogP) is 2.67. The molecule has 3 unspecified atom stereocenters. The van der Waals surface area contributed by atoms with Gasteiger partial charge in [0.25, 0.3) is 0 Å². The fourth-order valence-electron chi connectivity index (χ4n) is 3.29. The van der Waals surface area contributed by atoms with Gasteiger partial charge in [0, 0.05) is 13.1 Å². The summed E-state index contributed by atoms with van der Waals surface area (Å²) >= 11 is 0. The van der Waals surface area contributed by atoms with Crippen molar-refractivity contribution in [1.82, 2.24) is 4.90 Å². The molecule has 5 heteroatoms. The SMILES string of the molecule is CC1(C)CCC(CN2CCC(C(F)(F)F)C2)C1O. The highest BCUT2D eigenvalue weighted by atomic mass is 19.4. The van der Waals surface area contributed by atoms with Crippen LogP contribution in [0.3, 0.4) is 0 Å². The zero-order valence-electron chi connectivity index (χ0n) is 11.0. The number of aliphatic hydroxyl groups is 1. The molecule has 1 N–H and O–H groups in total. The summed E-state index contributed by atoms with van der Waals surface area (Å²) in [5.41, 5.74) is -0.0895. The fraction of sp³-hybridized carbons (Fsp3) is 1.00. The molecule has 18 heavy (non-hydrogen) atoms. The van der Waals surface area contributed by atoms with Crippen LogP contribution in [0.2, 0.25) is 0 Å². The normalized spacial score (nSPS) is 37.3. The predicted molar refractivity (Wildman–Crippen MR) is 63.1 cm³/mol. The smallest absolute Gasteiger partial charge is 0.392 e. The fourth-order valence-corrected chi connectivity index (χ4v) is 3.29. The molecule has 0 aromatic rings. The Balaban J connectivity index is 1.86. The maximum atomic E-state index is 12.6. The minimum atomic E-state index is -4.07. The Bertz CT molecular complexity index is 303. The van der Waals surface area contributed by atoms with Gasteiger partial charge in [-0.25, -0.2) is 0 Å². The molecule has 1 aliphatic carbocycles. The molecule has 1 saturated heterocycles. The highest BCUT2D eigenvalue weighted by Gasteiger charge is 2.46. The molecule has 1 aliphatic heterocycles. The summed E-state index contributed by atoms with van der Waals surface area (Å²) in [6, 6.07) is 0. The van der Waals surface area contributed by atoms with Crippen LogP contribution in [0.15, 0.2) is 0 Å². The van der Waals surface area contributed by atoms with Gasteiger partial charge in [0.1, 0.15) is 0 Å². The van der Waals surface area contributed by atoms with Crippen molar-refractivity contribution in [3.63, 3.8) is 0 Å². The Morgan fingerprint density at radius 2 is 1.94 bits per heavy atom. The number of alkyl halides is 3. The van der Waals surface area contributed by atoms with E-state index in [2.05, 4.69) is 0 Å². The molecular formula is C13H22F3NO. The van der Waals surface area contributed by atoms with Crippen molar-refractivity contribution in [3.8, 4) is 0 Å². The van der Waals surface area contributed by atoms with Crippen LogP contribution in [0, 0.1) is 17.3 Å². The number of hydrogen-bond donors (Lipinski definition) is 1. The van der Waals surface area contributed by atoms with Gasteiger partial charge in [-0.2, -0.15) is 13.2 Å². The largest absolute Gasteiger partial charge is 0.393 e. The van der Waals surface area contributed by atoms with Gasteiger partial charge in [0.15, 0.2) is 0 Å². The molecule has 1 heterocycles. The first-order chi connectivity index (χ1) is 8.20. The number of rotatable bonds is 2. The quantitative estimate of drug-likeness (QED) is 0.829. The van der Waals surface area contributed by atoms with Gasteiger partial charge in [0.2, 0.25) is 0 Å². The van der Waals surface area contributed by atoms with E-state index in [0.717, 1.165) is 12.8 Å². The van der Waals surface area contributed by atoms with Crippen LogP contribution in [-0.4, -0.2) is 41.9 Å². The number of hydrogen-bond acceptors (Lipinski definition) is 2. The zero-order valence-corrected chi connectivity index (χ0v) is 11.0. The summed E-state index contributed by atoms with van der Waals surface area (Å²) in [5.74, 6) is -1.05. The summed E-state index contributed by atoms with van der Waals surface area (Å²) in [6.45, 7) is 5.28. The number of likely N-dealkylation sites (tertiary alicyclic amines) is 1. The molecule has 0 spiro atoms. The molecule has 2 aliphatic rings. The summed E-state index contributed by atoms with van der Waals surface area (Å²) in [4.78, 5) is 1.87. The lowest BCUT2D eigenvalue weighted by Gasteiger charge is -2.28. The van der Waals surface area contributed by atoms with Crippen LogP contribution in [0.25, 0.3) is 0 Å². The van der Waals surface area contributed by atoms with E-state index < -0.39 is 12.1 Å². The highest BCUT2D eigenvalue weighted by molar-refractivity contribution is 4.93. The minimum Gasteiger partial charge on any atom is -0.392 e. The lowest BCUT2D eigenvalue weighted by Crippen LogP contribution is -2.36. The first kappa shape index (κ1) is 14.1. The number of halogens is 3. The summed E-state index contributed by atoms with van der Waals surface area (Å²) in [5, 5.41) is 10.2. The van der Waals surface area contributed by atoms with Gasteiger partial charge in [-0.1, -0.05) is 13.8 Å². The molecule has 0 bridgehead atoms. The average molecular weight is 265 g/mol. The van der Waals surface area contributed by atoms with Gasteiger partial charge in [-0.15, -0.1) is 0 Å². The van der Waals surface area contributed by atoms with Crippen molar-refractivity contribution >= 4 is 0 Å². The van der Waals surface area contributed by atoms with Crippen LogP contribution in [-0.2, 0) is 0 Å². The van der Waals surface area contributed by atoms with Crippen molar-refractivity contribution in [3.05, 3.63) is 0 Å². The molecule has 0 aromatic heterocycles. The van der Waals surface area contributed by atoms with Gasteiger partial charge in [0.05, 0.1) is 12.0 Å². The molecule has 106 valence electrons. The Hall–Kier alpha value is -0.290. The molecule has 0 aromatic carbocycles. The minimum absolute atomic E-state index is 0.0895. The maximum absolute atomic E-state index is 12.6. The first-order valence-electron chi connectivity index (χ1n) is 6.67. The van der Waals surface area contributed by atoms with Gasteiger partial charge >= 0.3 is 6.18 Å². The molecule has 0 amide bonds. The van der Waals surface area contributed by atoms with Crippen LogP contribution in [0.5, 0.6) is 0 Å². The third-order valence-electron chi connectivity index (χ3n) is 4.63.